The summed E-state index contributed by atoms with van der Waals surface area (Å²) in [6.45, 7) is 0.0126. The Kier molecular flexibility index (Phi) is 4.70. The second-order valence-electron chi connectivity index (χ2n) is 4.44. The summed E-state index contributed by atoms with van der Waals surface area (Å²) in [6, 6.07) is 10.2. The van der Waals surface area contributed by atoms with E-state index < -0.39 is 23.7 Å². The molecule has 2 nitrogen and oxygen atoms in total. The molecule has 0 bridgehead atoms. The molecule has 2 atom stereocenters. The maximum atomic E-state index is 13.7. The van der Waals surface area contributed by atoms with Crippen molar-refractivity contribution in [1.82, 2.24) is 0 Å². The van der Waals surface area contributed by atoms with Crippen LogP contribution in [0.4, 0.5) is 8.78 Å². The van der Waals surface area contributed by atoms with Crippen LogP contribution in [0.15, 0.2) is 42.5 Å². The molecule has 0 aliphatic carbocycles. The molecule has 0 fully saturated rings. The van der Waals surface area contributed by atoms with Crippen molar-refractivity contribution < 1.29 is 13.9 Å². The van der Waals surface area contributed by atoms with Crippen molar-refractivity contribution in [2.75, 3.05) is 6.54 Å². The molecule has 0 amide bonds. The van der Waals surface area contributed by atoms with Crippen LogP contribution >= 0.6 is 11.6 Å². The molecule has 2 unspecified atom stereocenters. The number of rotatable bonds is 4. The monoisotopic (exact) mass is 297 g/mol. The van der Waals surface area contributed by atoms with Crippen molar-refractivity contribution >= 4 is 11.6 Å². The van der Waals surface area contributed by atoms with Gasteiger partial charge in [0.25, 0.3) is 0 Å². The van der Waals surface area contributed by atoms with Crippen LogP contribution in [0.2, 0.25) is 5.02 Å². The van der Waals surface area contributed by atoms with E-state index in [-0.39, 0.29) is 12.1 Å². The molecule has 2 aromatic carbocycles. The number of hydrogen-bond acceptors (Lipinski definition) is 2. The summed E-state index contributed by atoms with van der Waals surface area (Å²) in [4.78, 5) is 0. The highest BCUT2D eigenvalue weighted by Crippen LogP contribution is 2.35. The number of halogens is 3. The number of aliphatic hydroxyl groups is 1. The minimum absolute atomic E-state index is 0.0126. The summed E-state index contributed by atoms with van der Waals surface area (Å²) in [5.74, 6) is -2.29. The van der Waals surface area contributed by atoms with E-state index in [1.165, 1.54) is 6.07 Å². The van der Waals surface area contributed by atoms with Gasteiger partial charge in [-0.1, -0.05) is 35.9 Å². The SMILES string of the molecule is NCC(c1ccccc1Cl)C(O)c1c(F)cccc1F. The van der Waals surface area contributed by atoms with Crippen molar-refractivity contribution in [1.29, 1.82) is 0 Å². The average Bonchev–Trinajstić information content (AvgIpc) is 2.41. The highest BCUT2D eigenvalue weighted by molar-refractivity contribution is 6.31. The molecule has 106 valence electrons. The smallest absolute Gasteiger partial charge is 0.131 e. The highest BCUT2D eigenvalue weighted by Gasteiger charge is 2.28. The van der Waals surface area contributed by atoms with Crippen LogP contribution in [0.3, 0.4) is 0 Å². The summed E-state index contributed by atoms with van der Waals surface area (Å²) in [6.07, 6.45) is -1.40. The normalized spacial score (nSPS) is 14.1. The van der Waals surface area contributed by atoms with E-state index in [0.717, 1.165) is 12.1 Å². The third kappa shape index (κ3) is 2.82. The number of hydrogen-bond donors (Lipinski definition) is 2. The zero-order valence-electron chi connectivity index (χ0n) is 10.6. The Balaban J connectivity index is 2.45. The summed E-state index contributed by atoms with van der Waals surface area (Å²) in [7, 11) is 0. The van der Waals surface area contributed by atoms with Gasteiger partial charge < -0.3 is 10.8 Å². The third-order valence-corrected chi connectivity index (χ3v) is 3.58. The Hall–Kier alpha value is -1.49. The van der Waals surface area contributed by atoms with E-state index in [1.807, 2.05) is 0 Å². The Morgan fingerprint density at radius 2 is 1.65 bits per heavy atom. The minimum atomic E-state index is -1.40. The molecular weight excluding hydrogens is 284 g/mol. The predicted octanol–water partition coefficient (Wildman–Crippen LogP) is 3.39. The second kappa shape index (κ2) is 6.31. The molecule has 0 aromatic heterocycles. The van der Waals surface area contributed by atoms with Crippen LogP contribution in [0.25, 0.3) is 0 Å². The van der Waals surface area contributed by atoms with Gasteiger partial charge in [-0.2, -0.15) is 0 Å². The van der Waals surface area contributed by atoms with Crippen LogP contribution in [0.5, 0.6) is 0 Å². The Labute approximate surface area is 120 Å². The van der Waals surface area contributed by atoms with Crippen LogP contribution in [-0.2, 0) is 0 Å². The number of aliphatic hydroxyl groups excluding tert-OH is 1. The Bertz CT molecular complexity index is 586. The van der Waals surface area contributed by atoms with Gasteiger partial charge >= 0.3 is 0 Å². The summed E-state index contributed by atoms with van der Waals surface area (Å²) in [5.41, 5.74) is 5.82. The van der Waals surface area contributed by atoms with Crippen molar-refractivity contribution in [3.8, 4) is 0 Å². The molecule has 0 radical (unpaired) electrons. The molecule has 0 saturated heterocycles. The molecule has 0 aliphatic heterocycles. The minimum Gasteiger partial charge on any atom is -0.388 e. The van der Waals surface area contributed by atoms with E-state index in [9.17, 15) is 13.9 Å². The third-order valence-electron chi connectivity index (χ3n) is 3.24. The van der Waals surface area contributed by atoms with Gasteiger partial charge in [0, 0.05) is 17.5 Å². The van der Waals surface area contributed by atoms with Gasteiger partial charge in [0.05, 0.1) is 11.7 Å². The Morgan fingerprint density at radius 3 is 2.20 bits per heavy atom. The predicted molar refractivity (Wildman–Crippen MR) is 74.6 cm³/mol. The van der Waals surface area contributed by atoms with Crippen LogP contribution in [-0.4, -0.2) is 11.7 Å². The molecule has 5 heteroatoms. The first-order valence-electron chi connectivity index (χ1n) is 6.12. The molecule has 0 aliphatic rings. The largest absolute Gasteiger partial charge is 0.388 e. The lowest BCUT2D eigenvalue weighted by molar-refractivity contribution is 0.138. The van der Waals surface area contributed by atoms with E-state index in [4.69, 9.17) is 17.3 Å². The maximum Gasteiger partial charge on any atom is 0.131 e. The standard InChI is InChI=1S/C15H14ClF2NO/c16-11-5-2-1-4-9(11)10(8-19)15(20)14-12(17)6-3-7-13(14)18/h1-7,10,15,20H,8,19H2. The molecule has 20 heavy (non-hydrogen) atoms. The zero-order valence-corrected chi connectivity index (χ0v) is 11.3. The van der Waals surface area contributed by atoms with Crippen LogP contribution < -0.4 is 5.73 Å². The van der Waals surface area contributed by atoms with Gasteiger partial charge in [-0.25, -0.2) is 8.78 Å². The second-order valence-corrected chi connectivity index (χ2v) is 4.85. The van der Waals surface area contributed by atoms with Gasteiger partial charge in [-0.3, -0.25) is 0 Å². The lowest BCUT2D eigenvalue weighted by atomic mass is 9.88. The van der Waals surface area contributed by atoms with Crippen LogP contribution in [0, 0.1) is 11.6 Å². The average molecular weight is 298 g/mol. The van der Waals surface area contributed by atoms with Gasteiger partial charge in [0.15, 0.2) is 0 Å². The molecule has 3 N–H and O–H groups in total. The molecule has 0 saturated carbocycles. The number of nitrogens with two attached hydrogens (primary N) is 1. The summed E-state index contributed by atoms with van der Waals surface area (Å²) >= 11 is 6.05. The van der Waals surface area contributed by atoms with Gasteiger partial charge in [-0.05, 0) is 23.8 Å². The van der Waals surface area contributed by atoms with Gasteiger partial charge in [0.1, 0.15) is 11.6 Å². The maximum absolute atomic E-state index is 13.7. The molecular formula is C15H14ClF2NO. The fourth-order valence-electron chi connectivity index (χ4n) is 2.20. The Morgan fingerprint density at radius 1 is 1.05 bits per heavy atom. The molecule has 2 aromatic rings. The van der Waals surface area contributed by atoms with E-state index >= 15 is 0 Å². The van der Waals surface area contributed by atoms with Crippen molar-refractivity contribution in [3.63, 3.8) is 0 Å². The van der Waals surface area contributed by atoms with Crippen molar-refractivity contribution in [3.05, 3.63) is 70.2 Å². The van der Waals surface area contributed by atoms with Gasteiger partial charge in [0.2, 0.25) is 0 Å². The highest BCUT2D eigenvalue weighted by atomic mass is 35.5. The first-order valence-corrected chi connectivity index (χ1v) is 6.50. The first kappa shape index (κ1) is 14.9. The van der Waals surface area contributed by atoms with Crippen LogP contribution in [0.1, 0.15) is 23.1 Å². The van der Waals surface area contributed by atoms with E-state index in [2.05, 4.69) is 0 Å². The van der Waals surface area contributed by atoms with E-state index in [0.29, 0.717) is 10.6 Å². The molecule has 0 heterocycles. The fourth-order valence-corrected chi connectivity index (χ4v) is 2.47. The van der Waals surface area contributed by atoms with Crippen molar-refractivity contribution in [2.45, 2.75) is 12.0 Å². The lowest BCUT2D eigenvalue weighted by Crippen LogP contribution is -2.22. The molecule has 2 rings (SSSR count). The summed E-state index contributed by atoms with van der Waals surface area (Å²) in [5, 5.41) is 10.7. The van der Waals surface area contributed by atoms with E-state index in [1.54, 1.807) is 24.3 Å². The number of benzene rings is 2. The molecule has 0 spiro atoms. The first-order chi connectivity index (χ1) is 9.56. The topological polar surface area (TPSA) is 46.2 Å². The quantitative estimate of drug-likeness (QED) is 0.908. The fraction of sp³-hybridized carbons (Fsp3) is 0.200. The lowest BCUT2D eigenvalue weighted by Gasteiger charge is -2.23. The van der Waals surface area contributed by atoms with Crippen molar-refractivity contribution in [2.24, 2.45) is 5.73 Å². The zero-order chi connectivity index (χ0) is 14.7. The van der Waals surface area contributed by atoms with Gasteiger partial charge in [-0.15, -0.1) is 0 Å². The summed E-state index contributed by atoms with van der Waals surface area (Å²) < 4.78 is 27.5.